The Balaban J connectivity index is 0.000000396. The zero-order valence-corrected chi connectivity index (χ0v) is 8.70. The largest absolute Gasteiger partial charge is 0.304 e. The Morgan fingerprint density at radius 1 is 1.23 bits per heavy atom. The standard InChI is InChI=1S/C9H10N2.C2H6/c1-7-3-4-11-8(2)6-10-9(11)5-7;1-2/h3-6H,1-2H3;1-2H3. The number of fused-ring (bicyclic) bond motifs is 1. The Bertz CT molecular complexity index is 388. The number of hydrogen-bond donors (Lipinski definition) is 0. The van der Waals surface area contributed by atoms with E-state index in [9.17, 15) is 0 Å². The van der Waals surface area contributed by atoms with Gasteiger partial charge in [0, 0.05) is 18.1 Å². The zero-order chi connectivity index (χ0) is 9.84. The highest BCUT2D eigenvalue weighted by Gasteiger charge is 1.96. The summed E-state index contributed by atoms with van der Waals surface area (Å²) in [5.41, 5.74) is 3.46. The quantitative estimate of drug-likeness (QED) is 0.603. The van der Waals surface area contributed by atoms with Gasteiger partial charge in [-0.2, -0.15) is 0 Å². The third-order valence-corrected chi connectivity index (χ3v) is 1.85. The van der Waals surface area contributed by atoms with E-state index >= 15 is 0 Å². The summed E-state index contributed by atoms with van der Waals surface area (Å²) in [6.07, 6.45) is 3.93. The van der Waals surface area contributed by atoms with E-state index in [0.717, 1.165) is 5.65 Å². The fraction of sp³-hybridized carbons (Fsp3) is 0.364. The summed E-state index contributed by atoms with van der Waals surface area (Å²) in [4.78, 5) is 4.24. The Hall–Kier alpha value is -1.31. The molecule has 0 unspecified atom stereocenters. The average molecular weight is 176 g/mol. The van der Waals surface area contributed by atoms with Crippen molar-refractivity contribution in [3.63, 3.8) is 0 Å². The van der Waals surface area contributed by atoms with Crippen molar-refractivity contribution >= 4 is 5.65 Å². The summed E-state index contributed by atoms with van der Waals surface area (Å²) in [5.74, 6) is 0. The molecule has 0 aliphatic rings. The van der Waals surface area contributed by atoms with Crippen LogP contribution in [0, 0.1) is 13.8 Å². The van der Waals surface area contributed by atoms with E-state index in [4.69, 9.17) is 0 Å². The molecule has 70 valence electrons. The molecule has 2 aromatic rings. The first kappa shape index (κ1) is 9.78. The molecular weight excluding hydrogens is 160 g/mol. The van der Waals surface area contributed by atoms with Crippen LogP contribution in [0.2, 0.25) is 0 Å². The van der Waals surface area contributed by atoms with Crippen molar-refractivity contribution in [2.24, 2.45) is 0 Å². The van der Waals surface area contributed by atoms with Gasteiger partial charge in [0.2, 0.25) is 0 Å². The second-order valence-electron chi connectivity index (χ2n) is 2.83. The summed E-state index contributed by atoms with van der Waals surface area (Å²) in [5, 5.41) is 0. The Morgan fingerprint density at radius 3 is 2.62 bits per heavy atom. The van der Waals surface area contributed by atoms with Crippen LogP contribution in [0.5, 0.6) is 0 Å². The van der Waals surface area contributed by atoms with Crippen molar-refractivity contribution in [1.82, 2.24) is 9.38 Å². The SMILES string of the molecule is CC.Cc1ccn2c(C)cnc2c1. The van der Waals surface area contributed by atoms with Gasteiger partial charge >= 0.3 is 0 Å². The molecule has 2 nitrogen and oxygen atoms in total. The van der Waals surface area contributed by atoms with Crippen LogP contribution in [-0.2, 0) is 0 Å². The van der Waals surface area contributed by atoms with Gasteiger partial charge in [0.05, 0.1) is 0 Å². The molecule has 0 aliphatic heterocycles. The van der Waals surface area contributed by atoms with Gasteiger partial charge in [0.25, 0.3) is 0 Å². The molecule has 0 saturated carbocycles. The first-order valence-corrected chi connectivity index (χ1v) is 4.68. The number of aromatic nitrogens is 2. The highest BCUT2D eigenvalue weighted by atomic mass is 15.0. The van der Waals surface area contributed by atoms with Crippen LogP contribution in [0.3, 0.4) is 0 Å². The molecule has 2 heterocycles. The van der Waals surface area contributed by atoms with Gasteiger partial charge in [-0.05, 0) is 31.5 Å². The lowest BCUT2D eigenvalue weighted by atomic mass is 10.3. The molecule has 2 heteroatoms. The van der Waals surface area contributed by atoms with Crippen LogP contribution in [0.15, 0.2) is 24.5 Å². The number of pyridine rings is 1. The van der Waals surface area contributed by atoms with Gasteiger partial charge < -0.3 is 4.40 Å². The molecule has 0 N–H and O–H groups in total. The van der Waals surface area contributed by atoms with Crippen LogP contribution in [0.1, 0.15) is 25.1 Å². The Morgan fingerprint density at radius 2 is 1.92 bits per heavy atom. The second-order valence-corrected chi connectivity index (χ2v) is 2.83. The van der Waals surface area contributed by atoms with E-state index in [1.807, 2.05) is 26.2 Å². The van der Waals surface area contributed by atoms with Gasteiger partial charge in [-0.1, -0.05) is 13.8 Å². The first-order chi connectivity index (χ1) is 6.27. The van der Waals surface area contributed by atoms with Crippen LogP contribution in [-0.4, -0.2) is 9.38 Å². The fourth-order valence-corrected chi connectivity index (χ4v) is 1.21. The van der Waals surface area contributed by atoms with Crippen LogP contribution in [0.4, 0.5) is 0 Å². The molecule has 13 heavy (non-hydrogen) atoms. The number of imidazole rings is 1. The molecule has 0 fully saturated rings. The van der Waals surface area contributed by atoms with E-state index in [-0.39, 0.29) is 0 Å². The molecular formula is C11H16N2. The summed E-state index contributed by atoms with van der Waals surface area (Å²) in [6, 6.07) is 4.16. The minimum Gasteiger partial charge on any atom is -0.304 e. The minimum atomic E-state index is 1.03. The predicted octanol–water partition coefficient (Wildman–Crippen LogP) is 2.98. The normalized spacial score (nSPS) is 9.54. The van der Waals surface area contributed by atoms with E-state index < -0.39 is 0 Å². The third-order valence-electron chi connectivity index (χ3n) is 1.85. The summed E-state index contributed by atoms with van der Waals surface area (Å²) >= 11 is 0. The molecule has 2 rings (SSSR count). The van der Waals surface area contributed by atoms with Crippen molar-refractivity contribution in [3.05, 3.63) is 35.8 Å². The first-order valence-electron chi connectivity index (χ1n) is 4.68. The molecule has 0 aliphatic carbocycles. The van der Waals surface area contributed by atoms with Gasteiger partial charge in [-0.25, -0.2) is 4.98 Å². The molecule has 0 spiro atoms. The monoisotopic (exact) mass is 176 g/mol. The molecule has 2 aromatic heterocycles. The fourth-order valence-electron chi connectivity index (χ4n) is 1.21. The van der Waals surface area contributed by atoms with Gasteiger partial charge in [0.15, 0.2) is 0 Å². The van der Waals surface area contributed by atoms with E-state index in [0.29, 0.717) is 0 Å². The highest BCUT2D eigenvalue weighted by molar-refractivity contribution is 5.42. The molecule has 0 aromatic carbocycles. The highest BCUT2D eigenvalue weighted by Crippen LogP contribution is 2.06. The maximum absolute atomic E-state index is 4.24. The van der Waals surface area contributed by atoms with E-state index in [2.05, 4.69) is 35.4 Å². The second kappa shape index (κ2) is 4.08. The number of aryl methyl sites for hydroxylation is 2. The van der Waals surface area contributed by atoms with Crippen LogP contribution < -0.4 is 0 Å². The lowest BCUT2D eigenvalue weighted by molar-refractivity contribution is 1.10. The molecule has 0 saturated heterocycles. The lowest BCUT2D eigenvalue weighted by Crippen LogP contribution is -1.86. The van der Waals surface area contributed by atoms with Crippen molar-refractivity contribution in [2.75, 3.05) is 0 Å². The number of hydrogen-bond acceptors (Lipinski definition) is 1. The Kier molecular flexibility index (Phi) is 3.07. The van der Waals surface area contributed by atoms with Crippen molar-refractivity contribution < 1.29 is 0 Å². The van der Waals surface area contributed by atoms with Crippen LogP contribution >= 0.6 is 0 Å². The van der Waals surface area contributed by atoms with Crippen molar-refractivity contribution in [1.29, 1.82) is 0 Å². The number of rotatable bonds is 0. The predicted molar refractivity (Wildman–Crippen MR) is 56.0 cm³/mol. The summed E-state index contributed by atoms with van der Waals surface area (Å²) in [6.45, 7) is 8.12. The third kappa shape index (κ3) is 1.89. The van der Waals surface area contributed by atoms with Gasteiger partial charge in [-0.15, -0.1) is 0 Å². The molecule has 0 amide bonds. The summed E-state index contributed by atoms with van der Waals surface area (Å²) < 4.78 is 2.08. The van der Waals surface area contributed by atoms with E-state index in [1.165, 1.54) is 11.3 Å². The molecule has 0 atom stereocenters. The maximum atomic E-state index is 4.24. The van der Waals surface area contributed by atoms with Gasteiger partial charge in [-0.3, -0.25) is 0 Å². The zero-order valence-electron chi connectivity index (χ0n) is 8.70. The average Bonchev–Trinajstić information content (AvgIpc) is 2.51. The smallest absolute Gasteiger partial charge is 0.137 e. The lowest BCUT2D eigenvalue weighted by Gasteiger charge is -1.95. The van der Waals surface area contributed by atoms with Crippen molar-refractivity contribution in [3.8, 4) is 0 Å². The van der Waals surface area contributed by atoms with Crippen LogP contribution in [0.25, 0.3) is 5.65 Å². The molecule has 0 bridgehead atoms. The summed E-state index contributed by atoms with van der Waals surface area (Å²) in [7, 11) is 0. The van der Waals surface area contributed by atoms with Gasteiger partial charge in [0.1, 0.15) is 5.65 Å². The molecule has 0 radical (unpaired) electrons. The topological polar surface area (TPSA) is 17.3 Å². The number of nitrogens with zero attached hydrogens (tertiary/aromatic N) is 2. The minimum absolute atomic E-state index is 1.03. The maximum Gasteiger partial charge on any atom is 0.137 e. The van der Waals surface area contributed by atoms with Crippen molar-refractivity contribution in [2.45, 2.75) is 27.7 Å². The van der Waals surface area contributed by atoms with E-state index in [1.54, 1.807) is 0 Å². The Labute approximate surface area is 79.2 Å².